The third-order valence-electron chi connectivity index (χ3n) is 4.93. The maximum atomic E-state index is 14.1. The largest absolute Gasteiger partial charge is 0.441 e. The van der Waals surface area contributed by atoms with E-state index in [1.54, 1.807) is 12.1 Å². The summed E-state index contributed by atoms with van der Waals surface area (Å²) in [6, 6.07) is 16.1. The average molecular weight is 421 g/mol. The molecule has 1 N–H and O–H groups in total. The zero-order chi connectivity index (χ0) is 22.1. The lowest BCUT2D eigenvalue weighted by Gasteiger charge is -2.15. The summed E-state index contributed by atoms with van der Waals surface area (Å²) in [6.07, 6.45) is 0. The van der Waals surface area contributed by atoms with Gasteiger partial charge < -0.3 is 5.32 Å². The van der Waals surface area contributed by atoms with Crippen molar-refractivity contribution < 1.29 is 18.1 Å². The highest BCUT2D eigenvalue weighted by atomic mass is 19.1. The second-order valence-electron chi connectivity index (χ2n) is 6.96. The minimum atomic E-state index is -0.981. The van der Waals surface area contributed by atoms with E-state index in [0.717, 1.165) is 28.8 Å². The third kappa shape index (κ3) is 3.75. The Kier molecular flexibility index (Phi) is 5.21. The Morgan fingerprint density at radius 2 is 1.68 bits per heavy atom. The minimum Gasteiger partial charge on any atom is -0.321 e. The summed E-state index contributed by atoms with van der Waals surface area (Å²) in [5, 5.41) is 6.35. The normalized spacial score (nSPS) is 10.8. The molecule has 3 aromatic carbocycles. The molecule has 0 aliphatic heterocycles. The van der Waals surface area contributed by atoms with E-state index in [-0.39, 0.29) is 11.5 Å². The van der Waals surface area contributed by atoms with Crippen molar-refractivity contribution in [3.63, 3.8) is 0 Å². The highest BCUT2D eigenvalue weighted by molar-refractivity contribution is 6.06. The number of amides is 1. The van der Waals surface area contributed by atoms with Gasteiger partial charge in [0.2, 0.25) is 0 Å². The Hall–Kier alpha value is -4.07. The molecule has 0 fully saturated rings. The van der Waals surface area contributed by atoms with Gasteiger partial charge in [0.05, 0.1) is 5.69 Å². The van der Waals surface area contributed by atoms with Gasteiger partial charge in [-0.2, -0.15) is 0 Å². The number of hydrogen-bond donors (Lipinski definition) is 1. The number of carbonyl (C=O) groups is 1. The van der Waals surface area contributed by atoms with Crippen molar-refractivity contribution in [2.45, 2.75) is 6.92 Å². The van der Waals surface area contributed by atoms with Crippen molar-refractivity contribution >= 4 is 11.6 Å². The van der Waals surface area contributed by atoms with Gasteiger partial charge in [0.15, 0.2) is 5.82 Å². The van der Waals surface area contributed by atoms with Crippen LogP contribution in [0.4, 0.5) is 14.5 Å². The van der Waals surface area contributed by atoms with E-state index in [1.165, 1.54) is 17.7 Å². The molecule has 156 valence electrons. The fraction of sp³-hybridized carbons (Fsp3) is 0.0870. The van der Waals surface area contributed by atoms with E-state index in [2.05, 4.69) is 10.5 Å². The molecule has 0 atom stereocenters. The first kappa shape index (κ1) is 20.2. The van der Waals surface area contributed by atoms with Crippen LogP contribution in [0.2, 0.25) is 0 Å². The van der Waals surface area contributed by atoms with Gasteiger partial charge in [-0.3, -0.25) is 13.9 Å². The van der Waals surface area contributed by atoms with Crippen molar-refractivity contribution in [2.75, 3.05) is 5.32 Å². The van der Waals surface area contributed by atoms with Gasteiger partial charge in [-0.05, 0) is 47.9 Å². The first-order valence-corrected chi connectivity index (χ1v) is 9.35. The average Bonchev–Trinajstić information content (AvgIpc) is 3.07. The van der Waals surface area contributed by atoms with E-state index < -0.39 is 28.9 Å². The molecule has 4 aromatic rings. The standard InChI is InChI=1S/C23H17F2N3O3/c1-13-11-19(26-22(29)20-17(24)9-6-10-18(20)25)16(21-27-31-23(30)28(21)2)12-15(13)14-7-4-3-5-8-14/h3-12H,1-2H3,(H,26,29). The molecule has 4 rings (SSSR count). The number of rotatable bonds is 4. The lowest BCUT2D eigenvalue weighted by atomic mass is 9.96. The van der Waals surface area contributed by atoms with Crippen LogP contribution in [-0.2, 0) is 7.05 Å². The van der Waals surface area contributed by atoms with E-state index in [1.807, 2.05) is 37.3 Å². The van der Waals surface area contributed by atoms with Crippen molar-refractivity contribution in [1.29, 1.82) is 0 Å². The van der Waals surface area contributed by atoms with Crippen LogP contribution < -0.4 is 11.1 Å². The molecule has 0 bridgehead atoms. The van der Waals surface area contributed by atoms with Crippen LogP contribution in [0, 0.1) is 18.6 Å². The lowest BCUT2D eigenvalue weighted by molar-refractivity contribution is 0.101. The van der Waals surface area contributed by atoms with Crippen LogP contribution >= 0.6 is 0 Å². The predicted octanol–water partition coefficient (Wildman–Crippen LogP) is 4.55. The van der Waals surface area contributed by atoms with Gasteiger partial charge in [-0.15, -0.1) is 0 Å². The van der Waals surface area contributed by atoms with Crippen molar-refractivity contribution in [3.8, 4) is 22.5 Å². The molecule has 0 saturated heterocycles. The number of aromatic nitrogens is 2. The summed E-state index contributed by atoms with van der Waals surface area (Å²) in [6.45, 7) is 1.84. The molecule has 8 heteroatoms. The highest BCUT2D eigenvalue weighted by Crippen LogP contribution is 2.34. The molecule has 1 aromatic heterocycles. The first-order chi connectivity index (χ1) is 14.9. The SMILES string of the molecule is Cc1cc(NC(=O)c2c(F)cccc2F)c(-c2noc(=O)n2C)cc1-c1ccccc1. The molecule has 1 amide bonds. The summed E-state index contributed by atoms with van der Waals surface area (Å²) < 4.78 is 34.1. The van der Waals surface area contributed by atoms with Crippen molar-refractivity contribution in [2.24, 2.45) is 7.05 Å². The molecule has 0 radical (unpaired) electrons. The number of anilines is 1. The Morgan fingerprint density at radius 3 is 2.29 bits per heavy atom. The fourth-order valence-electron chi connectivity index (χ4n) is 3.35. The molecular weight excluding hydrogens is 404 g/mol. The Labute approximate surface area is 175 Å². The van der Waals surface area contributed by atoms with Crippen molar-refractivity contribution in [1.82, 2.24) is 9.72 Å². The zero-order valence-electron chi connectivity index (χ0n) is 16.6. The second kappa shape index (κ2) is 7.98. The summed E-state index contributed by atoms with van der Waals surface area (Å²) in [5.41, 5.74) is 2.44. The summed E-state index contributed by atoms with van der Waals surface area (Å²) >= 11 is 0. The Bertz CT molecular complexity index is 1320. The van der Waals surface area contributed by atoms with Gasteiger partial charge in [0.25, 0.3) is 5.91 Å². The summed E-state index contributed by atoms with van der Waals surface area (Å²) in [4.78, 5) is 24.5. The first-order valence-electron chi connectivity index (χ1n) is 9.35. The topological polar surface area (TPSA) is 77.1 Å². The molecule has 0 unspecified atom stereocenters. The van der Waals surface area contributed by atoms with E-state index >= 15 is 0 Å². The Balaban J connectivity index is 1.87. The summed E-state index contributed by atoms with van der Waals surface area (Å²) in [7, 11) is 1.47. The number of halogens is 2. The molecule has 0 saturated carbocycles. The quantitative estimate of drug-likeness (QED) is 0.525. The number of hydrogen-bond acceptors (Lipinski definition) is 4. The molecule has 31 heavy (non-hydrogen) atoms. The van der Waals surface area contributed by atoms with Gasteiger partial charge in [-0.25, -0.2) is 13.6 Å². The van der Waals surface area contributed by atoms with Gasteiger partial charge in [-0.1, -0.05) is 41.6 Å². The highest BCUT2D eigenvalue weighted by Gasteiger charge is 2.22. The molecule has 6 nitrogen and oxygen atoms in total. The number of carbonyl (C=O) groups excluding carboxylic acids is 1. The predicted molar refractivity (Wildman–Crippen MR) is 112 cm³/mol. The lowest BCUT2D eigenvalue weighted by Crippen LogP contribution is -2.17. The maximum Gasteiger partial charge on any atom is 0.441 e. The van der Waals surface area contributed by atoms with E-state index in [4.69, 9.17) is 4.52 Å². The van der Waals surface area contributed by atoms with E-state index in [0.29, 0.717) is 5.56 Å². The monoisotopic (exact) mass is 421 g/mol. The number of aryl methyl sites for hydroxylation is 1. The number of benzene rings is 3. The van der Waals surface area contributed by atoms with E-state index in [9.17, 15) is 18.4 Å². The molecule has 1 heterocycles. The molecule has 0 aliphatic carbocycles. The minimum absolute atomic E-state index is 0.159. The zero-order valence-corrected chi connectivity index (χ0v) is 16.6. The third-order valence-corrected chi connectivity index (χ3v) is 4.93. The fourth-order valence-corrected chi connectivity index (χ4v) is 3.35. The van der Waals surface area contributed by atoms with Gasteiger partial charge >= 0.3 is 5.76 Å². The maximum absolute atomic E-state index is 14.1. The Morgan fingerprint density at radius 1 is 1.00 bits per heavy atom. The smallest absolute Gasteiger partial charge is 0.321 e. The van der Waals surface area contributed by atoms with Crippen LogP contribution in [0.5, 0.6) is 0 Å². The van der Waals surface area contributed by atoms with Crippen LogP contribution in [-0.4, -0.2) is 15.6 Å². The summed E-state index contributed by atoms with van der Waals surface area (Å²) in [5.74, 6) is -3.45. The second-order valence-corrected chi connectivity index (χ2v) is 6.96. The van der Waals surface area contributed by atoms with Crippen LogP contribution in [0.1, 0.15) is 15.9 Å². The number of nitrogens with one attached hydrogen (secondary N) is 1. The van der Waals surface area contributed by atoms with Gasteiger partial charge in [0.1, 0.15) is 17.2 Å². The molecular formula is C23H17F2N3O3. The van der Waals surface area contributed by atoms with Crippen molar-refractivity contribution in [3.05, 3.63) is 94.0 Å². The molecule has 0 spiro atoms. The van der Waals surface area contributed by atoms with Crippen LogP contribution in [0.15, 0.2) is 70.0 Å². The number of nitrogens with zero attached hydrogens (tertiary/aromatic N) is 2. The molecule has 0 aliphatic rings. The van der Waals surface area contributed by atoms with Gasteiger partial charge in [0, 0.05) is 12.6 Å². The van der Waals surface area contributed by atoms with Crippen LogP contribution in [0.25, 0.3) is 22.5 Å². The van der Waals surface area contributed by atoms with Crippen LogP contribution in [0.3, 0.4) is 0 Å².